The summed E-state index contributed by atoms with van der Waals surface area (Å²) >= 11 is 5.68. The molecule has 13 heavy (non-hydrogen) atoms. The predicted octanol–water partition coefficient (Wildman–Crippen LogP) is -0.238. The predicted molar refractivity (Wildman–Crippen MR) is 51.5 cm³/mol. The van der Waals surface area contributed by atoms with E-state index in [0.717, 1.165) is 0 Å². The van der Waals surface area contributed by atoms with Gasteiger partial charge in [-0.1, -0.05) is 23.7 Å². The number of rotatable bonds is 1. The second kappa shape index (κ2) is 6.38. The zero-order chi connectivity index (χ0) is 10.3. The van der Waals surface area contributed by atoms with Crippen LogP contribution < -0.4 is 23.0 Å². The average molecular weight is 203 g/mol. The Balaban J connectivity index is 0.000000671. The van der Waals surface area contributed by atoms with Gasteiger partial charge in [-0.25, -0.2) is 5.84 Å². The molecule has 1 aromatic carbocycles. The molecule has 0 aliphatic carbocycles. The topological polar surface area (TPSA) is 107 Å². The number of nitrogens with two attached hydrogens (primary N) is 3. The summed E-state index contributed by atoms with van der Waals surface area (Å²) in [6.07, 6.45) is 0. The van der Waals surface area contributed by atoms with E-state index < -0.39 is 0 Å². The summed E-state index contributed by atoms with van der Waals surface area (Å²) in [4.78, 5) is 10.9. The van der Waals surface area contributed by atoms with E-state index in [4.69, 9.17) is 17.4 Å². The molecule has 0 unspecified atom stereocenters. The van der Waals surface area contributed by atoms with Crippen molar-refractivity contribution in [3.63, 3.8) is 0 Å². The summed E-state index contributed by atoms with van der Waals surface area (Å²) in [5.74, 6) is 12.5. The first-order chi connectivity index (χ1) is 6.25. The molecule has 0 aliphatic heterocycles. The maximum absolute atomic E-state index is 10.9. The molecule has 72 valence electrons. The van der Waals surface area contributed by atoms with E-state index in [0.29, 0.717) is 10.6 Å². The Kier molecular flexibility index (Phi) is 5.82. The van der Waals surface area contributed by atoms with E-state index in [1.165, 1.54) is 0 Å². The Labute approximate surface area is 80.8 Å². The van der Waals surface area contributed by atoms with Gasteiger partial charge < -0.3 is 0 Å². The van der Waals surface area contributed by atoms with E-state index in [2.05, 4.69) is 11.7 Å². The number of hydrogen-bond donors (Lipinski definition) is 4. The molecule has 0 fully saturated rings. The van der Waals surface area contributed by atoms with E-state index in [9.17, 15) is 4.79 Å². The van der Waals surface area contributed by atoms with Gasteiger partial charge in [0.1, 0.15) is 0 Å². The van der Waals surface area contributed by atoms with Crippen molar-refractivity contribution in [3.8, 4) is 0 Å². The zero-order valence-corrected chi connectivity index (χ0v) is 7.58. The van der Waals surface area contributed by atoms with Gasteiger partial charge in [-0.05, 0) is 12.1 Å². The fourth-order valence-electron chi connectivity index (χ4n) is 0.723. The minimum Gasteiger partial charge on any atom is -0.290 e. The van der Waals surface area contributed by atoms with Crippen LogP contribution in [0.15, 0.2) is 24.3 Å². The molecule has 0 aliphatic rings. The smallest absolute Gasteiger partial charge is 0.266 e. The lowest BCUT2D eigenvalue weighted by molar-refractivity contribution is 0.0954. The van der Waals surface area contributed by atoms with Crippen molar-refractivity contribution in [2.75, 3.05) is 0 Å². The minimum absolute atomic E-state index is 0.379. The molecule has 0 saturated heterocycles. The SMILES string of the molecule is NN.NNC(=O)c1ccccc1Cl. The van der Waals surface area contributed by atoms with Gasteiger partial charge in [0.2, 0.25) is 0 Å². The standard InChI is InChI=1S/C7H7ClN2O.H4N2/c8-6-4-2-1-3-5(6)7(11)10-9;1-2/h1-4H,9H2,(H,10,11);1-2H2. The molecule has 0 radical (unpaired) electrons. The molecule has 0 bridgehead atoms. The van der Waals surface area contributed by atoms with Gasteiger partial charge in [-0.2, -0.15) is 0 Å². The van der Waals surface area contributed by atoms with Crippen molar-refractivity contribution in [1.29, 1.82) is 0 Å². The normalized spacial score (nSPS) is 8.31. The highest BCUT2D eigenvalue weighted by atomic mass is 35.5. The molecule has 0 atom stereocenters. The number of halogens is 1. The number of hydrazine groups is 2. The van der Waals surface area contributed by atoms with Crippen LogP contribution >= 0.6 is 11.6 Å². The van der Waals surface area contributed by atoms with Crippen molar-refractivity contribution in [3.05, 3.63) is 34.9 Å². The van der Waals surface area contributed by atoms with Crippen LogP contribution in [0.3, 0.4) is 0 Å². The fourth-order valence-corrected chi connectivity index (χ4v) is 0.945. The van der Waals surface area contributed by atoms with Gasteiger partial charge in [-0.3, -0.25) is 21.9 Å². The van der Waals surface area contributed by atoms with E-state index >= 15 is 0 Å². The van der Waals surface area contributed by atoms with Crippen LogP contribution in [0.4, 0.5) is 0 Å². The van der Waals surface area contributed by atoms with Gasteiger partial charge in [0.25, 0.3) is 5.91 Å². The lowest BCUT2D eigenvalue weighted by Crippen LogP contribution is -2.30. The van der Waals surface area contributed by atoms with E-state index in [1.54, 1.807) is 24.3 Å². The largest absolute Gasteiger partial charge is 0.290 e. The van der Waals surface area contributed by atoms with Crippen LogP contribution in [-0.2, 0) is 0 Å². The molecule has 0 aromatic heterocycles. The van der Waals surface area contributed by atoms with Gasteiger partial charge >= 0.3 is 0 Å². The van der Waals surface area contributed by atoms with Crippen molar-refractivity contribution in [2.45, 2.75) is 0 Å². The first-order valence-electron chi connectivity index (χ1n) is 3.34. The molecule has 1 amide bonds. The quantitative estimate of drug-likeness (QED) is 0.286. The number of nitrogen functional groups attached to an aromatic ring is 1. The van der Waals surface area contributed by atoms with E-state index in [1.807, 2.05) is 5.43 Å². The van der Waals surface area contributed by atoms with Gasteiger partial charge in [0.05, 0.1) is 10.6 Å². The summed E-state index contributed by atoms with van der Waals surface area (Å²) < 4.78 is 0. The number of carbonyl (C=O) groups is 1. The Morgan fingerprint density at radius 2 is 1.85 bits per heavy atom. The molecular formula is C7H11ClN4O. The first-order valence-corrected chi connectivity index (χ1v) is 3.72. The molecule has 0 spiro atoms. The summed E-state index contributed by atoms with van der Waals surface area (Å²) in [6, 6.07) is 6.70. The van der Waals surface area contributed by atoms with Crippen molar-refractivity contribution in [2.24, 2.45) is 17.5 Å². The van der Waals surface area contributed by atoms with Gasteiger partial charge in [-0.15, -0.1) is 0 Å². The van der Waals surface area contributed by atoms with Crippen LogP contribution in [0.1, 0.15) is 10.4 Å². The first kappa shape index (κ1) is 11.9. The molecular weight excluding hydrogens is 192 g/mol. The van der Waals surface area contributed by atoms with Crippen molar-refractivity contribution >= 4 is 17.5 Å². The van der Waals surface area contributed by atoms with Gasteiger partial charge in [0.15, 0.2) is 0 Å². The number of hydrogen-bond acceptors (Lipinski definition) is 4. The van der Waals surface area contributed by atoms with E-state index in [-0.39, 0.29) is 5.91 Å². The molecule has 0 saturated carbocycles. The van der Waals surface area contributed by atoms with Crippen LogP contribution in [-0.4, -0.2) is 5.91 Å². The second-order valence-electron chi connectivity index (χ2n) is 1.95. The Hall–Kier alpha value is -1.14. The molecule has 7 N–H and O–H groups in total. The lowest BCUT2D eigenvalue weighted by atomic mass is 10.2. The highest BCUT2D eigenvalue weighted by Crippen LogP contribution is 2.13. The molecule has 5 nitrogen and oxygen atoms in total. The van der Waals surface area contributed by atoms with Crippen LogP contribution in [0.2, 0.25) is 5.02 Å². The van der Waals surface area contributed by atoms with Crippen molar-refractivity contribution in [1.82, 2.24) is 5.43 Å². The monoisotopic (exact) mass is 202 g/mol. The summed E-state index contributed by atoms with van der Waals surface area (Å²) in [5.41, 5.74) is 2.38. The molecule has 1 rings (SSSR count). The number of benzene rings is 1. The fraction of sp³-hybridized carbons (Fsp3) is 0. The highest BCUT2D eigenvalue weighted by Gasteiger charge is 2.05. The maximum atomic E-state index is 10.9. The molecule has 6 heteroatoms. The third-order valence-corrected chi connectivity index (χ3v) is 1.58. The van der Waals surface area contributed by atoms with Crippen LogP contribution in [0.25, 0.3) is 0 Å². The molecule has 0 heterocycles. The highest BCUT2D eigenvalue weighted by molar-refractivity contribution is 6.33. The Morgan fingerprint density at radius 1 is 1.31 bits per heavy atom. The zero-order valence-electron chi connectivity index (χ0n) is 6.83. The molecule has 1 aromatic rings. The third kappa shape index (κ3) is 3.39. The Bertz CT molecular complexity index is 279. The number of amides is 1. The minimum atomic E-state index is -0.379. The second-order valence-corrected chi connectivity index (χ2v) is 2.36. The van der Waals surface area contributed by atoms with Gasteiger partial charge in [0, 0.05) is 0 Å². The summed E-state index contributed by atoms with van der Waals surface area (Å²) in [7, 11) is 0. The Morgan fingerprint density at radius 3 is 2.31 bits per heavy atom. The van der Waals surface area contributed by atoms with Crippen molar-refractivity contribution < 1.29 is 4.79 Å². The maximum Gasteiger partial charge on any atom is 0.266 e. The summed E-state index contributed by atoms with van der Waals surface area (Å²) in [5, 5.41) is 0.399. The number of nitrogens with one attached hydrogen (secondary N) is 1. The van der Waals surface area contributed by atoms with Crippen LogP contribution in [0, 0.1) is 0 Å². The lowest BCUT2D eigenvalue weighted by Gasteiger charge is -1.99. The third-order valence-electron chi connectivity index (χ3n) is 1.25. The number of carbonyl (C=O) groups excluding carboxylic acids is 1. The van der Waals surface area contributed by atoms with Crippen LogP contribution in [0.5, 0.6) is 0 Å². The summed E-state index contributed by atoms with van der Waals surface area (Å²) in [6.45, 7) is 0. The average Bonchev–Trinajstić information content (AvgIpc) is 2.20.